The van der Waals surface area contributed by atoms with Gasteiger partial charge in [0.15, 0.2) is 0 Å². The maximum atomic E-state index is 4.38. The van der Waals surface area contributed by atoms with Crippen LogP contribution in [0.4, 0.5) is 0 Å². The fraction of sp³-hybridized carbons (Fsp3) is 0.500. The van der Waals surface area contributed by atoms with Crippen LogP contribution in [0.3, 0.4) is 0 Å². The molecule has 0 saturated heterocycles. The zero-order valence-electron chi connectivity index (χ0n) is 11.3. The van der Waals surface area contributed by atoms with Gasteiger partial charge in [0.05, 0.1) is 0 Å². The van der Waals surface area contributed by atoms with E-state index in [9.17, 15) is 0 Å². The molecule has 2 aromatic rings. The van der Waals surface area contributed by atoms with Gasteiger partial charge in [-0.1, -0.05) is 6.92 Å². The Hall–Kier alpha value is -1.13. The minimum Gasteiger partial charge on any atom is -0.338 e. The Morgan fingerprint density at radius 3 is 2.83 bits per heavy atom. The average Bonchev–Trinajstić information content (AvgIpc) is 3.00. The Morgan fingerprint density at radius 2 is 2.28 bits per heavy atom. The van der Waals surface area contributed by atoms with Crippen LogP contribution in [0.5, 0.6) is 0 Å². The van der Waals surface area contributed by atoms with Crippen LogP contribution in [0.2, 0.25) is 0 Å². The van der Waals surface area contributed by atoms with E-state index in [0.29, 0.717) is 6.04 Å². The number of nitrogens with zero attached hydrogens (tertiary/aromatic N) is 2. The lowest BCUT2D eigenvalue weighted by molar-refractivity contribution is 0.543. The van der Waals surface area contributed by atoms with Crippen LogP contribution < -0.4 is 5.32 Å². The van der Waals surface area contributed by atoms with E-state index >= 15 is 0 Å². The molecule has 0 aliphatic rings. The minimum atomic E-state index is 0.437. The van der Waals surface area contributed by atoms with Crippen LogP contribution in [0.1, 0.15) is 35.0 Å². The van der Waals surface area contributed by atoms with Crippen LogP contribution in [0.25, 0.3) is 0 Å². The Kier molecular flexibility index (Phi) is 4.55. The standard InChI is InChI=1S/C14H21N3S/c1-4-11-5-7-13(18-11)12(15-2)6-8-14-16-9-10-17(14)3/h5,7,9-10,12,15H,4,6,8H2,1-3H3. The topological polar surface area (TPSA) is 29.9 Å². The highest BCUT2D eigenvalue weighted by atomic mass is 32.1. The molecule has 0 fully saturated rings. The number of hydrogen-bond acceptors (Lipinski definition) is 3. The van der Waals surface area contributed by atoms with Gasteiger partial charge in [-0.2, -0.15) is 0 Å². The first kappa shape index (κ1) is 13.3. The predicted molar refractivity (Wildman–Crippen MR) is 77.0 cm³/mol. The highest BCUT2D eigenvalue weighted by Gasteiger charge is 2.12. The third kappa shape index (κ3) is 3.00. The van der Waals surface area contributed by atoms with E-state index in [1.807, 2.05) is 30.8 Å². The number of aryl methyl sites for hydroxylation is 3. The Balaban J connectivity index is 1.99. The summed E-state index contributed by atoms with van der Waals surface area (Å²) in [5, 5.41) is 3.41. The van der Waals surface area contributed by atoms with Gasteiger partial charge in [-0.15, -0.1) is 11.3 Å². The Morgan fingerprint density at radius 1 is 1.44 bits per heavy atom. The second-order valence-electron chi connectivity index (χ2n) is 4.49. The molecule has 0 radical (unpaired) electrons. The van der Waals surface area contributed by atoms with Crippen molar-refractivity contribution in [3.8, 4) is 0 Å². The van der Waals surface area contributed by atoms with Gasteiger partial charge >= 0.3 is 0 Å². The predicted octanol–water partition coefficient (Wildman–Crippen LogP) is 2.94. The number of imidazole rings is 1. The van der Waals surface area contributed by atoms with Crippen molar-refractivity contribution in [2.75, 3.05) is 7.05 Å². The lowest BCUT2D eigenvalue weighted by Gasteiger charge is -2.14. The molecule has 2 heterocycles. The molecular formula is C14H21N3S. The largest absolute Gasteiger partial charge is 0.338 e. The summed E-state index contributed by atoms with van der Waals surface area (Å²) >= 11 is 1.92. The third-order valence-electron chi connectivity index (χ3n) is 3.30. The van der Waals surface area contributed by atoms with Gasteiger partial charge in [-0.05, 0) is 32.0 Å². The van der Waals surface area contributed by atoms with Crippen molar-refractivity contribution >= 4 is 11.3 Å². The van der Waals surface area contributed by atoms with Crippen LogP contribution in [-0.4, -0.2) is 16.6 Å². The van der Waals surface area contributed by atoms with E-state index in [2.05, 4.69) is 41.0 Å². The molecule has 0 bridgehead atoms. The quantitative estimate of drug-likeness (QED) is 0.868. The molecular weight excluding hydrogens is 242 g/mol. The van der Waals surface area contributed by atoms with Gasteiger partial charge in [0, 0.05) is 41.7 Å². The summed E-state index contributed by atoms with van der Waals surface area (Å²) in [5.41, 5.74) is 0. The smallest absolute Gasteiger partial charge is 0.108 e. The van der Waals surface area contributed by atoms with Crippen LogP contribution in [-0.2, 0) is 19.9 Å². The summed E-state index contributed by atoms with van der Waals surface area (Å²) in [4.78, 5) is 7.27. The molecule has 2 aromatic heterocycles. The molecule has 0 aliphatic heterocycles. The van der Waals surface area contributed by atoms with Crippen molar-refractivity contribution in [2.24, 2.45) is 7.05 Å². The van der Waals surface area contributed by atoms with Crippen molar-refractivity contribution in [3.63, 3.8) is 0 Å². The van der Waals surface area contributed by atoms with Gasteiger partial charge in [0.2, 0.25) is 0 Å². The number of nitrogens with one attached hydrogen (secondary N) is 1. The summed E-state index contributed by atoms with van der Waals surface area (Å²) in [6.07, 6.45) is 7.09. The van der Waals surface area contributed by atoms with Gasteiger partial charge in [0.25, 0.3) is 0 Å². The second-order valence-corrected chi connectivity index (χ2v) is 5.69. The molecule has 0 aliphatic carbocycles. The van der Waals surface area contributed by atoms with Gasteiger partial charge in [0.1, 0.15) is 5.82 Å². The molecule has 1 unspecified atom stereocenters. The first-order valence-electron chi connectivity index (χ1n) is 6.46. The summed E-state index contributed by atoms with van der Waals surface area (Å²) in [5.74, 6) is 1.16. The van der Waals surface area contributed by atoms with Crippen LogP contribution >= 0.6 is 11.3 Å². The average molecular weight is 263 g/mol. The molecule has 0 aromatic carbocycles. The van der Waals surface area contributed by atoms with E-state index in [4.69, 9.17) is 0 Å². The van der Waals surface area contributed by atoms with Crippen molar-refractivity contribution in [2.45, 2.75) is 32.2 Å². The van der Waals surface area contributed by atoms with Crippen LogP contribution in [0.15, 0.2) is 24.5 Å². The van der Waals surface area contributed by atoms with E-state index in [0.717, 1.165) is 25.1 Å². The zero-order chi connectivity index (χ0) is 13.0. The molecule has 1 N–H and O–H groups in total. The van der Waals surface area contributed by atoms with E-state index in [1.54, 1.807) is 0 Å². The lowest BCUT2D eigenvalue weighted by Crippen LogP contribution is -2.16. The van der Waals surface area contributed by atoms with Crippen LogP contribution in [0, 0.1) is 0 Å². The minimum absolute atomic E-state index is 0.437. The first-order chi connectivity index (χ1) is 8.74. The van der Waals surface area contributed by atoms with E-state index in [-0.39, 0.29) is 0 Å². The first-order valence-corrected chi connectivity index (χ1v) is 7.28. The highest BCUT2D eigenvalue weighted by Crippen LogP contribution is 2.26. The zero-order valence-corrected chi connectivity index (χ0v) is 12.1. The number of hydrogen-bond donors (Lipinski definition) is 1. The van der Waals surface area contributed by atoms with Gasteiger partial charge < -0.3 is 9.88 Å². The SMILES string of the molecule is CCc1ccc(C(CCc2nccn2C)NC)s1. The number of rotatable bonds is 6. The Labute approximate surface area is 113 Å². The molecule has 0 saturated carbocycles. The molecule has 18 heavy (non-hydrogen) atoms. The number of thiophene rings is 1. The summed E-state index contributed by atoms with van der Waals surface area (Å²) in [7, 11) is 4.09. The van der Waals surface area contributed by atoms with Crippen molar-refractivity contribution in [1.29, 1.82) is 0 Å². The lowest BCUT2D eigenvalue weighted by atomic mass is 10.1. The molecule has 2 rings (SSSR count). The fourth-order valence-electron chi connectivity index (χ4n) is 2.11. The molecule has 0 amide bonds. The Bertz CT molecular complexity index is 487. The number of aromatic nitrogens is 2. The normalized spacial score (nSPS) is 12.8. The second kappa shape index (κ2) is 6.16. The van der Waals surface area contributed by atoms with Crippen molar-refractivity contribution in [1.82, 2.24) is 14.9 Å². The van der Waals surface area contributed by atoms with E-state index < -0.39 is 0 Å². The van der Waals surface area contributed by atoms with Crippen molar-refractivity contribution < 1.29 is 0 Å². The fourth-order valence-corrected chi connectivity index (χ4v) is 3.21. The third-order valence-corrected chi connectivity index (χ3v) is 4.64. The molecule has 98 valence electrons. The van der Waals surface area contributed by atoms with E-state index in [1.165, 1.54) is 9.75 Å². The summed E-state index contributed by atoms with van der Waals surface area (Å²) in [6, 6.07) is 4.93. The van der Waals surface area contributed by atoms with Gasteiger partial charge in [-0.25, -0.2) is 4.98 Å². The summed E-state index contributed by atoms with van der Waals surface area (Å²) < 4.78 is 2.10. The van der Waals surface area contributed by atoms with Crippen molar-refractivity contribution in [3.05, 3.63) is 40.1 Å². The molecule has 0 spiro atoms. The maximum Gasteiger partial charge on any atom is 0.108 e. The summed E-state index contributed by atoms with van der Waals surface area (Å²) in [6.45, 7) is 2.21. The molecule has 4 heteroatoms. The maximum absolute atomic E-state index is 4.38. The molecule has 3 nitrogen and oxygen atoms in total. The molecule has 1 atom stereocenters. The van der Waals surface area contributed by atoms with Gasteiger partial charge in [-0.3, -0.25) is 0 Å². The monoisotopic (exact) mass is 263 g/mol. The highest BCUT2D eigenvalue weighted by molar-refractivity contribution is 7.12.